The van der Waals surface area contributed by atoms with Crippen molar-refractivity contribution in [1.82, 2.24) is 5.32 Å². The number of amides is 1. The Labute approximate surface area is 172 Å². The first-order chi connectivity index (χ1) is 14.1. The van der Waals surface area contributed by atoms with Crippen molar-refractivity contribution >= 4 is 28.5 Å². The molecule has 3 aromatic rings. The molecule has 6 nitrogen and oxygen atoms in total. The van der Waals surface area contributed by atoms with E-state index in [0.717, 1.165) is 30.6 Å². The third-order valence-electron chi connectivity index (χ3n) is 4.79. The second kappa shape index (κ2) is 8.68. The lowest BCUT2D eigenvalue weighted by Crippen LogP contribution is -2.35. The van der Waals surface area contributed by atoms with Crippen LogP contribution in [0.15, 0.2) is 57.7 Å². The summed E-state index contributed by atoms with van der Waals surface area (Å²) < 4.78 is 16.4. The maximum atomic E-state index is 12.0. The van der Waals surface area contributed by atoms with Crippen molar-refractivity contribution in [3.8, 4) is 16.9 Å². The van der Waals surface area contributed by atoms with E-state index in [1.165, 1.54) is 6.07 Å². The van der Waals surface area contributed by atoms with Gasteiger partial charge in [0.2, 0.25) is 0 Å². The molecular formula is C22H20ClNO5. The van der Waals surface area contributed by atoms with Crippen LogP contribution in [0.3, 0.4) is 0 Å². The van der Waals surface area contributed by atoms with Crippen molar-refractivity contribution in [3.05, 3.63) is 64.0 Å². The van der Waals surface area contributed by atoms with Crippen LogP contribution in [0.2, 0.25) is 5.02 Å². The minimum absolute atomic E-state index is 0.0638. The molecule has 1 atom stereocenters. The van der Waals surface area contributed by atoms with Crippen molar-refractivity contribution in [2.45, 2.75) is 18.9 Å². The summed E-state index contributed by atoms with van der Waals surface area (Å²) in [5.41, 5.74) is 1.47. The standard InChI is InChI=1S/C22H20ClNO5/c23-18-9-17-16(14-5-2-1-3-6-14)10-22(26)29-19(17)11-20(18)28-13-21(25)24-12-15-7-4-8-27-15/h1-3,5-6,9-11,15H,4,7-8,12-13H2,(H,24,25). The molecule has 2 aromatic carbocycles. The zero-order chi connectivity index (χ0) is 20.2. The van der Waals surface area contributed by atoms with E-state index < -0.39 is 5.63 Å². The molecule has 1 aromatic heterocycles. The molecule has 2 heterocycles. The van der Waals surface area contributed by atoms with E-state index in [9.17, 15) is 9.59 Å². The first kappa shape index (κ1) is 19.5. The smallest absolute Gasteiger partial charge is 0.336 e. The SMILES string of the molecule is O=C(COc1cc2oc(=O)cc(-c3ccccc3)c2cc1Cl)NCC1CCCO1. The Morgan fingerprint density at radius 3 is 2.79 bits per heavy atom. The number of fused-ring (bicyclic) bond motifs is 1. The summed E-state index contributed by atoms with van der Waals surface area (Å²) >= 11 is 6.37. The molecule has 0 spiro atoms. The third kappa shape index (κ3) is 4.60. The third-order valence-corrected chi connectivity index (χ3v) is 5.09. The van der Waals surface area contributed by atoms with Gasteiger partial charge in [0, 0.05) is 30.7 Å². The Morgan fingerprint density at radius 2 is 2.03 bits per heavy atom. The maximum Gasteiger partial charge on any atom is 0.336 e. The van der Waals surface area contributed by atoms with E-state index in [0.29, 0.717) is 22.5 Å². The largest absolute Gasteiger partial charge is 0.482 e. The molecule has 1 aliphatic rings. The van der Waals surface area contributed by atoms with Crippen molar-refractivity contribution in [1.29, 1.82) is 0 Å². The van der Waals surface area contributed by atoms with E-state index in [1.54, 1.807) is 12.1 Å². The van der Waals surface area contributed by atoms with Gasteiger partial charge in [0.25, 0.3) is 5.91 Å². The predicted octanol–water partition coefficient (Wildman–Crippen LogP) is 3.79. The summed E-state index contributed by atoms with van der Waals surface area (Å²) in [6.07, 6.45) is 2.02. The molecule has 1 saturated heterocycles. The van der Waals surface area contributed by atoms with Crippen LogP contribution in [0.1, 0.15) is 12.8 Å². The van der Waals surface area contributed by atoms with E-state index >= 15 is 0 Å². The van der Waals surface area contributed by atoms with Gasteiger partial charge in [-0.3, -0.25) is 4.79 Å². The summed E-state index contributed by atoms with van der Waals surface area (Å²) in [6.45, 7) is 1.00. The lowest BCUT2D eigenvalue weighted by atomic mass is 10.0. The molecular weight excluding hydrogens is 394 g/mol. The van der Waals surface area contributed by atoms with Crippen LogP contribution in [0, 0.1) is 0 Å². The lowest BCUT2D eigenvalue weighted by molar-refractivity contribution is -0.123. The van der Waals surface area contributed by atoms with Crippen LogP contribution in [0.4, 0.5) is 0 Å². The number of rotatable bonds is 6. The van der Waals surface area contributed by atoms with Gasteiger partial charge in [-0.25, -0.2) is 4.79 Å². The second-order valence-corrected chi connectivity index (χ2v) is 7.26. The average Bonchev–Trinajstić information content (AvgIpc) is 3.25. The maximum absolute atomic E-state index is 12.0. The number of carbonyl (C=O) groups is 1. The Kier molecular flexibility index (Phi) is 5.83. The van der Waals surface area contributed by atoms with Crippen molar-refractivity contribution in [3.63, 3.8) is 0 Å². The summed E-state index contributed by atoms with van der Waals surface area (Å²) in [7, 11) is 0. The number of hydrogen-bond acceptors (Lipinski definition) is 5. The first-order valence-corrected chi connectivity index (χ1v) is 9.82. The van der Waals surface area contributed by atoms with Gasteiger partial charge in [-0.1, -0.05) is 41.9 Å². The lowest BCUT2D eigenvalue weighted by Gasteiger charge is -2.13. The normalized spacial score (nSPS) is 16.1. The molecule has 4 rings (SSSR count). The summed E-state index contributed by atoms with van der Waals surface area (Å²) in [4.78, 5) is 24.1. The molecule has 29 heavy (non-hydrogen) atoms. The van der Waals surface area contributed by atoms with Crippen molar-refractivity contribution < 1.29 is 18.7 Å². The number of ether oxygens (including phenoxy) is 2. The molecule has 0 radical (unpaired) electrons. The molecule has 0 saturated carbocycles. The Morgan fingerprint density at radius 1 is 1.21 bits per heavy atom. The first-order valence-electron chi connectivity index (χ1n) is 9.44. The van der Waals surface area contributed by atoms with Crippen LogP contribution in [-0.4, -0.2) is 31.8 Å². The van der Waals surface area contributed by atoms with Crippen molar-refractivity contribution in [2.24, 2.45) is 0 Å². The van der Waals surface area contributed by atoms with Crippen LogP contribution in [0.25, 0.3) is 22.1 Å². The highest BCUT2D eigenvalue weighted by Gasteiger charge is 2.17. The molecule has 1 fully saturated rings. The molecule has 1 N–H and O–H groups in total. The monoisotopic (exact) mass is 413 g/mol. The highest BCUT2D eigenvalue weighted by atomic mass is 35.5. The fourth-order valence-corrected chi connectivity index (χ4v) is 3.58. The van der Waals surface area contributed by atoms with Crippen LogP contribution >= 0.6 is 11.6 Å². The van der Waals surface area contributed by atoms with E-state index in [2.05, 4.69) is 5.32 Å². The van der Waals surface area contributed by atoms with Gasteiger partial charge in [-0.15, -0.1) is 0 Å². The van der Waals surface area contributed by atoms with Gasteiger partial charge in [0.15, 0.2) is 6.61 Å². The van der Waals surface area contributed by atoms with Crippen LogP contribution in [-0.2, 0) is 9.53 Å². The number of benzene rings is 2. The summed E-state index contributed by atoms with van der Waals surface area (Å²) in [5.74, 6) is 0.0101. The minimum atomic E-state index is -0.473. The highest BCUT2D eigenvalue weighted by molar-refractivity contribution is 6.33. The highest BCUT2D eigenvalue weighted by Crippen LogP contribution is 2.34. The topological polar surface area (TPSA) is 77.8 Å². The van der Waals surface area contributed by atoms with Gasteiger partial charge < -0.3 is 19.2 Å². The molecule has 150 valence electrons. The summed E-state index contributed by atoms with van der Waals surface area (Å²) in [5, 5.41) is 3.81. The molecule has 0 bridgehead atoms. The van der Waals surface area contributed by atoms with E-state index in [-0.39, 0.29) is 24.4 Å². The van der Waals surface area contributed by atoms with Crippen molar-refractivity contribution in [2.75, 3.05) is 19.8 Å². The fraction of sp³-hybridized carbons (Fsp3) is 0.273. The van der Waals surface area contributed by atoms with Gasteiger partial charge in [0.1, 0.15) is 11.3 Å². The van der Waals surface area contributed by atoms with Crippen LogP contribution < -0.4 is 15.7 Å². The molecule has 0 aliphatic carbocycles. The number of halogens is 1. The van der Waals surface area contributed by atoms with Gasteiger partial charge in [0.05, 0.1) is 11.1 Å². The predicted molar refractivity (Wildman–Crippen MR) is 110 cm³/mol. The fourth-order valence-electron chi connectivity index (χ4n) is 3.36. The zero-order valence-corrected chi connectivity index (χ0v) is 16.4. The Hall–Kier alpha value is -2.83. The van der Waals surface area contributed by atoms with Gasteiger partial charge >= 0.3 is 5.63 Å². The minimum Gasteiger partial charge on any atom is -0.482 e. The molecule has 7 heteroatoms. The number of nitrogens with one attached hydrogen (secondary N) is 1. The Balaban J connectivity index is 1.53. The second-order valence-electron chi connectivity index (χ2n) is 6.85. The van der Waals surface area contributed by atoms with E-state index in [4.69, 9.17) is 25.5 Å². The number of hydrogen-bond donors (Lipinski definition) is 1. The van der Waals surface area contributed by atoms with Crippen LogP contribution in [0.5, 0.6) is 5.75 Å². The quantitative estimate of drug-likeness (QED) is 0.622. The molecule has 1 unspecified atom stereocenters. The summed E-state index contributed by atoms with van der Waals surface area (Å²) in [6, 6.07) is 14.2. The zero-order valence-electron chi connectivity index (χ0n) is 15.7. The Bertz CT molecular complexity index is 1070. The van der Waals surface area contributed by atoms with E-state index in [1.807, 2.05) is 30.3 Å². The average molecular weight is 414 g/mol. The molecule has 1 amide bonds. The van der Waals surface area contributed by atoms with Gasteiger partial charge in [-0.05, 0) is 30.0 Å². The number of carbonyl (C=O) groups excluding carboxylic acids is 1. The molecule has 1 aliphatic heterocycles. The van der Waals surface area contributed by atoms with Gasteiger partial charge in [-0.2, -0.15) is 0 Å².